The van der Waals surface area contributed by atoms with Gasteiger partial charge in [0.15, 0.2) is 6.10 Å². The minimum absolute atomic E-state index is 0.0932. The summed E-state index contributed by atoms with van der Waals surface area (Å²) < 4.78 is 61.7. The summed E-state index contributed by atoms with van der Waals surface area (Å²) in [4.78, 5) is 59.2. The van der Waals surface area contributed by atoms with Crippen LogP contribution in [0.4, 0.5) is 0 Å². The second-order valence-corrected chi connectivity index (χ2v) is 36.4. The molecule has 0 fully saturated rings. The Morgan fingerprint density at radius 1 is 0.232 bits per heavy atom. The van der Waals surface area contributed by atoms with Crippen LogP contribution < -0.4 is 0 Å². The number of allylic oxidation sites excluding steroid dienone is 28. The maximum atomic E-state index is 13.1. The number of esters is 3. The number of phosphoric acid groups is 2. The van der Waals surface area contributed by atoms with Gasteiger partial charge in [-0.05, 0) is 154 Å². The van der Waals surface area contributed by atoms with Crippen molar-refractivity contribution >= 4 is 33.6 Å². The molecule has 0 rings (SSSR count). The van der Waals surface area contributed by atoms with Gasteiger partial charge in [0.1, 0.15) is 25.4 Å². The molecule has 0 aromatic carbocycles. The lowest BCUT2D eigenvalue weighted by atomic mass is 10.0. The van der Waals surface area contributed by atoms with Gasteiger partial charge in [-0.15, -0.1) is 0 Å². The van der Waals surface area contributed by atoms with Crippen LogP contribution >= 0.6 is 15.6 Å². The van der Waals surface area contributed by atoms with Crippen LogP contribution in [0.1, 0.15) is 432 Å². The van der Waals surface area contributed by atoms with E-state index in [-0.39, 0.29) is 19.3 Å². The predicted octanol–water partition coefficient (Wildman–Crippen LogP) is 31.8. The molecule has 125 heavy (non-hydrogen) atoms. The molecule has 718 valence electrons. The lowest BCUT2D eigenvalue weighted by molar-refractivity contribution is -0.161. The maximum absolute atomic E-state index is 13.1. The van der Waals surface area contributed by atoms with E-state index in [0.29, 0.717) is 19.3 Å². The van der Waals surface area contributed by atoms with Crippen LogP contribution in [0.25, 0.3) is 0 Å². The first-order chi connectivity index (χ1) is 61.2. The van der Waals surface area contributed by atoms with E-state index in [2.05, 4.69) is 191 Å². The van der Waals surface area contributed by atoms with Gasteiger partial charge in [0, 0.05) is 19.3 Å². The SMILES string of the molecule is CC/C=C\C/C=C\C/C=C\C/C=C\C/C=C\CCCCCCCCCCCCCCCC(=O)OCC(COP(=O)(O)OCC(O)COP(=O)(O)OCC(O)COC(=O)CCCCCCCCCCCCCCCCCCCCC/C=C\C/C=C\C/C=C\C/C=C\CCCCC)OC(=O)CCCCCCCCCCC/C=C\C/C=C\C/C=C\C/C=C\C/C=C\CC. The summed E-state index contributed by atoms with van der Waals surface area (Å²) in [6.45, 7) is 2.49. The Morgan fingerprint density at radius 2 is 0.424 bits per heavy atom. The van der Waals surface area contributed by atoms with E-state index < -0.39 is 91.5 Å². The zero-order chi connectivity index (χ0) is 90.7. The van der Waals surface area contributed by atoms with E-state index in [4.69, 9.17) is 32.3 Å². The summed E-state index contributed by atoms with van der Waals surface area (Å²) in [5.74, 6) is -1.57. The molecule has 0 aliphatic rings. The smallest absolute Gasteiger partial charge is 0.463 e. The Bertz CT molecular complexity index is 2950. The number of hydrogen-bond donors (Lipinski definition) is 4. The molecule has 5 atom stereocenters. The number of aliphatic hydroxyl groups is 2. The molecule has 0 aliphatic carbocycles. The fourth-order valence-corrected chi connectivity index (χ4v) is 15.4. The standard InChI is InChI=1S/C107H184O16P2/c1-4-7-10-13-16-19-22-25-28-31-34-37-40-43-45-47-48-49-50-51-52-54-56-58-60-63-66-69-72-75-78-81-84-87-90-93-105(110)117-96-102(108)97-119-124(113,114)120-98-103(109)99-121-125(115,116)122-101-104(123-107(112)95-92-89-86-83-80-77-74-71-68-65-62-57-42-39-36-33-30-27-24-21-18-15-12-9-6-3)100-118-106(111)94-91-88-85-82-79-76-73-70-67-64-61-59-55-53-46-44-41-38-35-32-29-26-23-20-17-14-11-8-5-2/h8-9,11-12,16-21,25-30,34-39,43-46,57,62,102-104,108-109H,4-7,10,13-15,22-24,31-33,40-42,47-56,58-61,63-101H2,1-3H3,(H,113,114)(H,115,116)/b11-8-,12-9-,19-16-,20-17-,21-18-,28-25-,29-26-,30-27-,37-34-,38-35-,39-36-,45-43-,46-44-,62-57-. The number of phosphoric ester groups is 2. The van der Waals surface area contributed by atoms with Crippen LogP contribution in [0.3, 0.4) is 0 Å². The molecule has 0 aromatic rings. The number of unbranched alkanes of at least 4 members (excludes halogenated alkanes) is 44. The Morgan fingerprint density at radius 3 is 0.672 bits per heavy atom. The Hall–Kier alpha value is -5.09. The van der Waals surface area contributed by atoms with Crippen molar-refractivity contribution in [3.63, 3.8) is 0 Å². The largest absolute Gasteiger partial charge is 0.472 e. The Balaban J connectivity index is 4.57. The average Bonchev–Trinajstić information content (AvgIpc) is 0.909. The minimum Gasteiger partial charge on any atom is -0.463 e. The van der Waals surface area contributed by atoms with Gasteiger partial charge < -0.3 is 34.2 Å². The Labute approximate surface area is 764 Å². The van der Waals surface area contributed by atoms with Crippen LogP contribution in [-0.2, 0) is 55.8 Å². The van der Waals surface area contributed by atoms with Crippen LogP contribution in [0.15, 0.2) is 170 Å². The third kappa shape index (κ3) is 99.3. The summed E-state index contributed by atoms with van der Waals surface area (Å²) in [6, 6.07) is 0. The molecule has 0 saturated heterocycles. The van der Waals surface area contributed by atoms with Crippen LogP contribution in [0, 0.1) is 0 Å². The Kier molecular flexibility index (Phi) is 94.0. The number of rotatable bonds is 95. The number of ether oxygens (including phenoxy) is 3. The molecule has 18 heteroatoms. The van der Waals surface area contributed by atoms with Crippen molar-refractivity contribution in [3.05, 3.63) is 170 Å². The maximum Gasteiger partial charge on any atom is 0.472 e. The van der Waals surface area contributed by atoms with E-state index in [1.165, 1.54) is 205 Å². The third-order valence-electron chi connectivity index (χ3n) is 21.4. The molecular formula is C107H184O16P2. The van der Waals surface area contributed by atoms with Gasteiger partial charge in [0.25, 0.3) is 0 Å². The summed E-state index contributed by atoms with van der Waals surface area (Å²) in [5, 5.41) is 20.8. The van der Waals surface area contributed by atoms with Gasteiger partial charge in [-0.3, -0.25) is 32.5 Å². The lowest BCUT2D eigenvalue weighted by Gasteiger charge is -2.21. The second kappa shape index (κ2) is 98.0. The number of carbonyl (C=O) groups is 3. The van der Waals surface area contributed by atoms with Gasteiger partial charge in [0.05, 0.1) is 26.4 Å². The number of hydrogen-bond acceptors (Lipinski definition) is 14. The van der Waals surface area contributed by atoms with Gasteiger partial charge >= 0.3 is 33.6 Å². The molecule has 0 saturated carbocycles. The quantitative estimate of drug-likeness (QED) is 0.0146. The van der Waals surface area contributed by atoms with Crippen LogP contribution in [0.5, 0.6) is 0 Å². The van der Waals surface area contributed by atoms with Crippen molar-refractivity contribution in [2.75, 3.05) is 39.6 Å². The van der Waals surface area contributed by atoms with E-state index in [1.807, 2.05) is 0 Å². The van der Waals surface area contributed by atoms with Crippen molar-refractivity contribution in [1.82, 2.24) is 0 Å². The van der Waals surface area contributed by atoms with Crippen LogP contribution in [-0.4, -0.2) is 95.9 Å². The molecule has 0 bridgehead atoms. The first-order valence-electron chi connectivity index (χ1n) is 50.4. The first kappa shape index (κ1) is 120. The molecule has 5 unspecified atom stereocenters. The zero-order valence-electron chi connectivity index (χ0n) is 79.5. The molecule has 0 radical (unpaired) electrons. The summed E-state index contributed by atoms with van der Waals surface area (Å²) in [7, 11) is -9.82. The van der Waals surface area contributed by atoms with Gasteiger partial charge in [-0.2, -0.15) is 0 Å². The summed E-state index contributed by atoms with van der Waals surface area (Å²) in [6.07, 6.45) is 128. The summed E-state index contributed by atoms with van der Waals surface area (Å²) >= 11 is 0. The van der Waals surface area contributed by atoms with Gasteiger partial charge in [-0.1, -0.05) is 428 Å². The van der Waals surface area contributed by atoms with Crippen molar-refractivity contribution < 1.29 is 75.8 Å². The fourth-order valence-electron chi connectivity index (χ4n) is 13.8. The van der Waals surface area contributed by atoms with Crippen molar-refractivity contribution in [2.24, 2.45) is 0 Å². The highest BCUT2D eigenvalue weighted by Crippen LogP contribution is 2.45. The highest BCUT2D eigenvalue weighted by atomic mass is 31.2. The highest BCUT2D eigenvalue weighted by molar-refractivity contribution is 7.47. The zero-order valence-corrected chi connectivity index (χ0v) is 81.3. The molecule has 0 spiro atoms. The fraction of sp³-hybridized carbons (Fsp3) is 0.710. The molecule has 0 aliphatic heterocycles. The monoisotopic (exact) mass is 1790 g/mol. The number of aliphatic hydroxyl groups excluding tert-OH is 2. The van der Waals surface area contributed by atoms with Gasteiger partial charge in [-0.25, -0.2) is 9.13 Å². The van der Waals surface area contributed by atoms with E-state index in [0.717, 1.165) is 167 Å². The predicted molar refractivity (Wildman–Crippen MR) is 528 cm³/mol. The molecule has 0 aromatic heterocycles. The molecular weight excluding hydrogens is 1600 g/mol. The normalized spacial score (nSPS) is 14.4. The second-order valence-electron chi connectivity index (χ2n) is 33.5. The third-order valence-corrected chi connectivity index (χ3v) is 23.3. The number of carbonyl (C=O) groups excluding carboxylic acids is 3. The minimum atomic E-state index is -4.95. The van der Waals surface area contributed by atoms with Crippen LogP contribution in [0.2, 0.25) is 0 Å². The summed E-state index contributed by atoms with van der Waals surface area (Å²) in [5.41, 5.74) is 0. The van der Waals surface area contributed by atoms with Gasteiger partial charge in [0.2, 0.25) is 0 Å². The molecule has 16 nitrogen and oxygen atoms in total. The lowest BCUT2D eigenvalue weighted by Crippen LogP contribution is -2.30. The highest BCUT2D eigenvalue weighted by Gasteiger charge is 2.30. The van der Waals surface area contributed by atoms with E-state index >= 15 is 0 Å². The molecule has 4 N–H and O–H groups in total. The molecule has 0 amide bonds. The first-order valence-corrected chi connectivity index (χ1v) is 53.4. The molecule has 0 heterocycles. The van der Waals surface area contributed by atoms with Crippen molar-refractivity contribution in [1.29, 1.82) is 0 Å². The van der Waals surface area contributed by atoms with Crippen molar-refractivity contribution in [2.45, 2.75) is 450 Å². The van der Waals surface area contributed by atoms with E-state index in [9.17, 15) is 43.5 Å². The topological polar surface area (TPSA) is 231 Å². The van der Waals surface area contributed by atoms with E-state index in [1.54, 1.807) is 0 Å². The van der Waals surface area contributed by atoms with Crippen molar-refractivity contribution in [3.8, 4) is 0 Å². The average molecular weight is 1790 g/mol.